The van der Waals surface area contributed by atoms with Crippen LogP contribution < -0.4 is 0 Å². The van der Waals surface area contributed by atoms with Gasteiger partial charge in [-0.1, -0.05) is 85.3 Å². The molecular formula is C27H26O2. The Morgan fingerprint density at radius 3 is 2.00 bits per heavy atom. The van der Waals surface area contributed by atoms with Crippen LogP contribution in [-0.4, -0.2) is 11.1 Å². The topological polar surface area (TPSA) is 37.3 Å². The fourth-order valence-corrected chi connectivity index (χ4v) is 5.32. The normalized spacial score (nSPS) is 23.6. The number of hydrogen-bond acceptors (Lipinski definition) is 1. The number of carboxylic acids is 1. The third-order valence-corrected chi connectivity index (χ3v) is 6.70. The van der Waals surface area contributed by atoms with Gasteiger partial charge in [0.15, 0.2) is 0 Å². The third-order valence-electron chi connectivity index (χ3n) is 6.70. The summed E-state index contributed by atoms with van der Waals surface area (Å²) < 4.78 is 0. The number of carboxylic acid groups (broad SMARTS) is 1. The minimum atomic E-state index is -0.889. The van der Waals surface area contributed by atoms with Crippen molar-refractivity contribution in [2.75, 3.05) is 0 Å². The van der Waals surface area contributed by atoms with Gasteiger partial charge in [-0.2, -0.15) is 0 Å². The largest absolute Gasteiger partial charge is 0.478 e. The van der Waals surface area contributed by atoms with Gasteiger partial charge in [0.05, 0.1) is 5.56 Å². The molecule has 0 aromatic heterocycles. The van der Waals surface area contributed by atoms with E-state index in [0.717, 1.165) is 31.2 Å². The minimum Gasteiger partial charge on any atom is -0.478 e. The maximum absolute atomic E-state index is 11.3. The van der Waals surface area contributed by atoms with E-state index in [1.807, 2.05) is 12.1 Å². The Balaban J connectivity index is 1.87. The van der Waals surface area contributed by atoms with Crippen LogP contribution in [-0.2, 0) is 17.3 Å². The average molecular weight is 383 g/mol. The average Bonchev–Trinajstić information content (AvgIpc) is 3.15. The van der Waals surface area contributed by atoms with Gasteiger partial charge in [-0.05, 0) is 48.1 Å². The Kier molecular flexibility index (Phi) is 5.10. The number of hydrogen-bond donors (Lipinski definition) is 1. The third kappa shape index (κ3) is 3.19. The lowest BCUT2D eigenvalue weighted by molar-refractivity contribution is 0.0697. The van der Waals surface area contributed by atoms with E-state index in [9.17, 15) is 9.90 Å². The minimum absolute atomic E-state index is 0.123. The van der Waals surface area contributed by atoms with Gasteiger partial charge in [-0.3, -0.25) is 0 Å². The molecule has 2 atom stereocenters. The molecule has 3 aromatic carbocycles. The van der Waals surface area contributed by atoms with Crippen molar-refractivity contribution in [1.29, 1.82) is 0 Å². The molecule has 1 aliphatic carbocycles. The van der Waals surface area contributed by atoms with Crippen LogP contribution in [0.4, 0.5) is 0 Å². The summed E-state index contributed by atoms with van der Waals surface area (Å²) in [5.41, 5.74) is 3.82. The lowest BCUT2D eigenvalue weighted by Gasteiger charge is -2.46. The highest BCUT2D eigenvalue weighted by atomic mass is 16.4. The highest BCUT2D eigenvalue weighted by Crippen LogP contribution is 2.58. The van der Waals surface area contributed by atoms with E-state index in [-0.39, 0.29) is 10.8 Å². The molecule has 0 aliphatic heterocycles. The van der Waals surface area contributed by atoms with E-state index < -0.39 is 5.97 Å². The molecule has 0 amide bonds. The molecule has 3 aromatic rings. The second-order valence-corrected chi connectivity index (χ2v) is 8.02. The van der Waals surface area contributed by atoms with Gasteiger partial charge in [0.25, 0.3) is 0 Å². The van der Waals surface area contributed by atoms with Crippen molar-refractivity contribution in [3.63, 3.8) is 0 Å². The van der Waals surface area contributed by atoms with E-state index in [2.05, 4.69) is 73.3 Å². The van der Waals surface area contributed by atoms with Gasteiger partial charge in [0, 0.05) is 10.8 Å². The molecule has 0 heterocycles. The number of carbonyl (C=O) groups is 1. The monoisotopic (exact) mass is 382 g/mol. The van der Waals surface area contributed by atoms with Crippen molar-refractivity contribution in [2.45, 2.75) is 36.5 Å². The standard InChI is InChI=1S/C27H26O2/c1-2-26(23-10-5-3-6-11-23)18-9-19-27(26,24-12-7-4-8-13-24)20-21-14-16-22(17-15-21)25(28)29/h2-8,10-17H,1,9,18-20H2,(H,28,29)/t26-,27-/m1/s1. The summed E-state index contributed by atoms with van der Waals surface area (Å²) in [6.07, 6.45) is 6.26. The molecule has 2 heteroatoms. The second kappa shape index (κ2) is 7.71. The van der Waals surface area contributed by atoms with Crippen molar-refractivity contribution in [1.82, 2.24) is 0 Å². The molecule has 2 nitrogen and oxygen atoms in total. The summed E-state index contributed by atoms with van der Waals surface area (Å²) in [5, 5.41) is 9.25. The first-order chi connectivity index (χ1) is 14.1. The van der Waals surface area contributed by atoms with Crippen molar-refractivity contribution in [3.8, 4) is 0 Å². The number of aromatic carboxylic acids is 1. The summed E-state index contributed by atoms with van der Waals surface area (Å²) in [6.45, 7) is 4.31. The summed E-state index contributed by atoms with van der Waals surface area (Å²) in [4.78, 5) is 11.3. The van der Waals surface area contributed by atoms with E-state index >= 15 is 0 Å². The van der Waals surface area contributed by atoms with Crippen LogP contribution in [0.3, 0.4) is 0 Å². The molecule has 146 valence electrons. The first-order valence-electron chi connectivity index (χ1n) is 10.2. The molecule has 0 saturated heterocycles. The predicted octanol–water partition coefficient (Wildman–Crippen LogP) is 6.17. The Hall–Kier alpha value is -3.13. The summed E-state index contributed by atoms with van der Waals surface area (Å²) in [5.74, 6) is -0.889. The molecule has 0 radical (unpaired) electrons. The van der Waals surface area contributed by atoms with Gasteiger partial charge < -0.3 is 5.11 Å². The van der Waals surface area contributed by atoms with Gasteiger partial charge >= 0.3 is 5.97 Å². The van der Waals surface area contributed by atoms with Gasteiger partial charge in [0.2, 0.25) is 0 Å². The molecular weight excluding hydrogens is 356 g/mol. The first-order valence-corrected chi connectivity index (χ1v) is 10.2. The summed E-state index contributed by atoms with van der Waals surface area (Å²) >= 11 is 0. The summed E-state index contributed by atoms with van der Waals surface area (Å²) in [6, 6.07) is 28.8. The predicted molar refractivity (Wildman–Crippen MR) is 117 cm³/mol. The molecule has 1 fully saturated rings. The molecule has 0 spiro atoms. The molecule has 0 unspecified atom stereocenters. The van der Waals surface area contributed by atoms with Gasteiger partial charge in [0.1, 0.15) is 0 Å². The van der Waals surface area contributed by atoms with Crippen LogP contribution in [0.25, 0.3) is 0 Å². The van der Waals surface area contributed by atoms with Crippen molar-refractivity contribution in [2.24, 2.45) is 0 Å². The quantitative estimate of drug-likeness (QED) is 0.517. The van der Waals surface area contributed by atoms with Crippen molar-refractivity contribution < 1.29 is 9.90 Å². The molecule has 1 N–H and O–H groups in total. The van der Waals surface area contributed by atoms with Crippen LogP contribution in [0.5, 0.6) is 0 Å². The summed E-state index contributed by atoms with van der Waals surface area (Å²) in [7, 11) is 0. The van der Waals surface area contributed by atoms with Crippen molar-refractivity contribution >= 4 is 5.97 Å². The fraction of sp³-hybridized carbons (Fsp3) is 0.222. The number of rotatable bonds is 6. The highest BCUT2D eigenvalue weighted by molar-refractivity contribution is 5.87. The van der Waals surface area contributed by atoms with Crippen LogP contribution in [0.2, 0.25) is 0 Å². The Labute approximate surface area is 172 Å². The Bertz CT molecular complexity index is 992. The van der Waals surface area contributed by atoms with Gasteiger partial charge in [-0.15, -0.1) is 6.58 Å². The second-order valence-electron chi connectivity index (χ2n) is 8.02. The SMILES string of the molecule is C=C[C@]1(c2ccccc2)CCC[C@@]1(Cc1ccc(C(=O)O)cc1)c1ccccc1. The number of allylic oxidation sites excluding steroid dienone is 1. The van der Waals surface area contributed by atoms with Crippen molar-refractivity contribution in [3.05, 3.63) is 120 Å². The number of benzene rings is 3. The van der Waals surface area contributed by atoms with Gasteiger partial charge in [-0.25, -0.2) is 4.79 Å². The lowest BCUT2D eigenvalue weighted by atomic mass is 9.56. The van der Waals surface area contributed by atoms with Crippen LogP contribution >= 0.6 is 0 Å². The Morgan fingerprint density at radius 2 is 1.45 bits per heavy atom. The molecule has 0 bridgehead atoms. The fourth-order valence-electron chi connectivity index (χ4n) is 5.32. The highest BCUT2D eigenvalue weighted by Gasteiger charge is 2.54. The molecule has 1 aliphatic rings. The smallest absolute Gasteiger partial charge is 0.335 e. The molecule has 29 heavy (non-hydrogen) atoms. The maximum Gasteiger partial charge on any atom is 0.335 e. The molecule has 4 rings (SSSR count). The van der Waals surface area contributed by atoms with Crippen LogP contribution in [0.1, 0.15) is 46.3 Å². The lowest BCUT2D eigenvalue weighted by Crippen LogP contribution is -2.45. The van der Waals surface area contributed by atoms with E-state index in [0.29, 0.717) is 5.56 Å². The molecule has 1 saturated carbocycles. The maximum atomic E-state index is 11.3. The van der Waals surface area contributed by atoms with Crippen LogP contribution in [0, 0.1) is 0 Å². The zero-order valence-corrected chi connectivity index (χ0v) is 16.6. The van der Waals surface area contributed by atoms with Crippen LogP contribution in [0.15, 0.2) is 97.6 Å². The zero-order valence-electron chi connectivity index (χ0n) is 16.6. The van der Waals surface area contributed by atoms with E-state index in [1.165, 1.54) is 11.1 Å². The Morgan fingerprint density at radius 1 is 0.862 bits per heavy atom. The first kappa shape index (κ1) is 19.2. The zero-order chi connectivity index (χ0) is 20.3. The van der Waals surface area contributed by atoms with E-state index in [4.69, 9.17) is 0 Å². The van der Waals surface area contributed by atoms with E-state index in [1.54, 1.807) is 12.1 Å².